The first-order chi connectivity index (χ1) is 15.2. The van der Waals surface area contributed by atoms with E-state index in [4.69, 9.17) is 19.3 Å². The molecule has 10 nitrogen and oxygen atoms in total. The lowest BCUT2D eigenvalue weighted by Crippen LogP contribution is -2.50. The number of carbonyl (C=O) groups excluding carboxylic acids is 1. The molecule has 0 aliphatic carbocycles. The van der Waals surface area contributed by atoms with Crippen molar-refractivity contribution in [2.75, 3.05) is 52.7 Å². The van der Waals surface area contributed by atoms with Gasteiger partial charge in [-0.3, -0.25) is 4.79 Å². The Hall–Kier alpha value is -2.05. The minimum absolute atomic E-state index is 0.0245. The molecule has 1 unspecified atom stereocenters. The molecule has 2 rings (SSSR count). The number of aromatic carboxylic acids is 1. The van der Waals surface area contributed by atoms with Crippen LogP contribution in [0.25, 0.3) is 0 Å². The molecule has 2 N–H and O–H groups in total. The second-order valence-corrected chi connectivity index (χ2v) is 9.51. The van der Waals surface area contributed by atoms with Crippen LogP contribution >= 0.6 is 0 Å². The molecule has 1 atom stereocenters. The Balaban J connectivity index is 2.16. The first-order valence-corrected chi connectivity index (χ1v) is 12.1. The zero-order chi connectivity index (χ0) is 23.6. The predicted octanol–water partition coefficient (Wildman–Crippen LogP) is 0.970. The highest BCUT2D eigenvalue weighted by molar-refractivity contribution is 7.89. The quantitative estimate of drug-likeness (QED) is 0.600. The van der Waals surface area contributed by atoms with Crippen molar-refractivity contribution < 1.29 is 37.3 Å². The predicted molar refractivity (Wildman–Crippen MR) is 116 cm³/mol. The summed E-state index contributed by atoms with van der Waals surface area (Å²) in [6.45, 7) is 6.67. The highest BCUT2D eigenvalue weighted by Gasteiger charge is 2.30. The van der Waals surface area contributed by atoms with E-state index in [1.807, 2.05) is 13.8 Å². The number of carbonyl (C=O) groups is 2. The molecule has 0 spiro atoms. The molecule has 11 heteroatoms. The molecule has 1 aliphatic rings. The fraction of sp³-hybridized carbons (Fsp3) is 0.619. The minimum atomic E-state index is -4.04. The van der Waals surface area contributed by atoms with E-state index in [9.17, 15) is 18.0 Å². The molecule has 1 saturated heterocycles. The van der Waals surface area contributed by atoms with Crippen molar-refractivity contribution in [3.63, 3.8) is 0 Å². The summed E-state index contributed by atoms with van der Waals surface area (Å²) in [4.78, 5) is 25.8. The average molecular weight is 473 g/mol. The third-order valence-electron chi connectivity index (χ3n) is 4.78. The van der Waals surface area contributed by atoms with Crippen LogP contribution in [0.2, 0.25) is 0 Å². The lowest BCUT2D eigenvalue weighted by atomic mass is 10.0. The second-order valence-electron chi connectivity index (χ2n) is 7.80. The molecule has 1 heterocycles. The topological polar surface area (TPSA) is 131 Å². The first kappa shape index (κ1) is 26.2. The van der Waals surface area contributed by atoms with Gasteiger partial charge in [0, 0.05) is 13.1 Å². The number of sulfonamides is 1. The monoisotopic (exact) mass is 472 g/mol. The molecule has 1 aliphatic heterocycles. The van der Waals surface area contributed by atoms with E-state index in [1.54, 1.807) is 4.90 Å². The highest BCUT2D eigenvalue weighted by Crippen LogP contribution is 2.15. The zero-order valence-corrected chi connectivity index (χ0v) is 19.3. The number of hydrogen-bond acceptors (Lipinski definition) is 7. The molecule has 1 amide bonds. The molecule has 1 aromatic carbocycles. The van der Waals surface area contributed by atoms with E-state index in [-0.39, 0.29) is 22.3 Å². The Morgan fingerprint density at radius 1 is 0.969 bits per heavy atom. The Morgan fingerprint density at radius 3 is 1.94 bits per heavy atom. The summed E-state index contributed by atoms with van der Waals surface area (Å²) < 4.78 is 44.7. The molecule has 1 fully saturated rings. The van der Waals surface area contributed by atoms with Gasteiger partial charge in [-0.1, -0.05) is 13.8 Å². The number of hydrogen-bond donors (Lipinski definition) is 2. The van der Waals surface area contributed by atoms with E-state index in [1.165, 1.54) is 24.3 Å². The van der Waals surface area contributed by atoms with Crippen molar-refractivity contribution in [3.8, 4) is 0 Å². The number of carboxylic acid groups (broad SMARTS) is 1. The molecule has 32 heavy (non-hydrogen) atoms. The molecule has 1 aromatic rings. The normalized spacial score (nSPS) is 17.9. The van der Waals surface area contributed by atoms with Gasteiger partial charge in [0.25, 0.3) is 0 Å². The largest absolute Gasteiger partial charge is 0.478 e. The lowest BCUT2D eigenvalue weighted by Gasteiger charge is -2.29. The number of rotatable bonds is 7. The fourth-order valence-electron chi connectivity index (χ4n) is 3.15. The third-order valence-corrected chi connectivity index (χ3v) is 6.27. The van der Waals surface area contributed by atoms with Gasteiger partial charge >= 0.3 is 5.97 Å². The van der Waals surface area contributed by atoms with Crippen LogP contribution in [-0.4, -0.2) is 89.1 Å². The summed E-state index contributed by atoms with van der Waals surface area (Å²) in [5.74, 6) is -1.45. The number of ether oxygens (including phenoxy) is 3. The van der Waals surface area contributed by atoms with Crippen LogP contribution in [0.5, 0.6) is 0 Å². The van der Waals surface area contributed by atoms with Crippen LogP contribution in [0.15, 0.2) is 29.2 Å². The molecule has 0 bridgehead atoms. The maximum atomic E-state index is 13.3. The van der Waals surface area contributed by atoms with Crippen LogP contribution in [0.3, 0.4) is 0 Å². The van der Waals surface area contributed by atoms with Crippen LogP contribution in [-0.2, 0) is 29.0 Å². The van der Waals surface area contributed by atoms with Crippen LogP contribution in [0.1, 0.15) is 30.6 Å². The van der Waals surface area contributed by atoms with Crippen LogP contribution in [0.4, 0.5) is 0 Å². The maximum Gasteiger partial charge on any atom is 0.335 e. The number of nitrogens with one attached hydrogen (secondary N) is 1. The van der Waals surface area contributed by atoms with Gasteiger partial charge in [0.15, 0.2) is 0 Å². The van der Waals surface area contributed by atoms with Gasteiger partial charge in [-0.05, 0) is 36.6 Å². The van der Waals surface area contributed by atoms with E-state index < -0.39 is 22.0 Å². The Labute approximate surface area is 188 Å². The van der Waals surface area contributed by atoms with Crippen molar-refractivity contribution in [1.82, 2.24) is 9.62 Å². The Kier molecular flexibility index (Phi) is 10.5. The summed E-state index contributed by atoms with van der Waals surface area (Å²) in [6.07, 6.45) is 0.303. The number of benzene rings is 1. The molecule has 0 radical (unpaired) electrons. The van der Waals surface area contributed by atoms with Gasteiger partial charge in [0.1, 0.15) is 6.04 Å². The van der Waals surface area contributed by atoms with Crippen LogP contribution in [0, 0.1) is 5.92 Å². The summed E-state index contributed by atoms with van der Waals surface area (Å²) in [6, 6.07) is 3.87. The summed E-state index contributed by atoms with van der Waals surface area (Å²) in [5, 5.41) is 9.01. The number of nitrogens with zero attached hydrogens (tertiary/aromatic N) is 1. The van der Waals surface area contributed by atoms with Gasteiger partial charge in [-0.15, -0.1) is 0 Å². The maximum absolute atomic E-state index is 13.3. The van der Waals surface area contributed by atoms with E-state index in [2.05, 4.69) is 4.72 Å². The van der Waals surface area contributed by atoms with Gasteiger partial charge in [0.05, 0.1) is 50.1 Å². The van der Waals surface area contributed by atoms with E-state index in [0.29, 0.717) is 59.2 Å². The molecule has 0 saturated carbocycles. The van der Waals surface area contributed by atoms with E-state index >= 15 is 0 Å². The lowest BCUT2D eigenvalue weighted by molar-refractivity contribution is -0.135. The summed E-state index contributed by atoms with van der Waals surface area (Å²) in [7, 11) is -4.04. The smallest absolute Gasteiger partial charge is 0.335 e. The molecule has 180 valence electrons. The molecular formula is C21H32N2O8S. The summed E-state index contributed by atoms with van der Waals surface area (Å²) >= 11 is 0. The fourth-order valence-corrected chi connectivity index (χ4v) is 4.35. The van der Waals surface area contributed by atoms with E-state index in [0.717, 1.165) is 0 Å². The standard InChI is InChI=1S/C21H32N2O8S/c1-16(2)15-19(22-32(27,28)18-5-3-17(4-6-18)21(25)26)20(24)23-7-9-29-11-13-31-14-12-30-10-8-23/h3-6,16,19,22H,7-15H2,1-2H3,(H,25,26). The average Bonchev–Trinajstić information content (AvgIpc) is 2.73. The van der Waals surface area contributed by atoms with Gasteiger partial charge in [0.2, 0.25) is 15.9 Å². The van der Waals surface area contributed by atoms with Gasteiger partial charge in [-0.2, -0.15) is 4.72 Å². The SMILES string of the molecule is CC(C)CC(NS(=O)(=O)c1ccc(C(=O)O)cc1)C(=O)N1CCOCCOCCOCC1. The van der Waals surface area contributed by atoms with Crippen molar-refractivity contribution in [1.29, 1.82) is 0 Å². The minimum Gasteiger partial charge on any atom is -0.478 e. The first-order valence-electron chi connectivity index (χ1n) is 10.6. The number of amides is 1. The molecule has 0 aromatic heterocycles. The highest BCUT2D eigenvalue weighted by atomic mass is 32.2. The third kappa shape index (κ3) is 8.47. The summed E-state index contributed by atoms with van der Waals surface area (Å²) in [5.41, 5.74) is -0.0245. The van der Waals surface area contributed by atoms with Gasteiger partial charge in [-0.25, -0.2) is 13.2 Å². The molecular weight excluding hydrogens is 440 g/mol. The Bertz CT molecular complexity index is 830. The second kappa shape index (κ2) is 12.9. The van der Waals surface area contributed by atoms with Crippen molar-refractivity contribution in [3.05, 3.63) is 29.8 Å². The van der Waals surface area contributed by atoms with Crippen molar-refractivity contribution in [2.45, 2.75) is 31.2 Å². The van der Waals surface area contributed by atoms with Crippen molar-refractivity contribution >= 4 is 21.9 Å². The number of carboxylic acids is 1. The zero-order valence-electron chi connectivity index (χ0n) is 18.5. The Morgan fingerprint density at radius 2 is 1.47 bits per heavy atom. The van der Waals surface area contributed by atoms with Crippen molar-refractivity contribution in [2.24, 2.45) is 5.92 Å². The van der Waals surface area contributed by atoms with Gasteiger partial charge < -0.3 is 24.2 Å². The van der Waals surface area contributed by atoms with Crippen LogP contribution < -0.4 is 4.72 Å².